The molecule has 2 amide bonds. The van der Waals surface area contributed by atoms with Gasteiger partial charge in [-0.15, -0.1) is 0 Å². The first kappa shape index (κ1) is 29.4. The Bertz CT molecular complexity index is 1370. The van der Waals surface area contributed by atoms with Crippen molar-refractivity contribution in [3.63, 3.8) is 0 Å². The van der Waals surface area contributed by atoms with Crippen LogP contribution in [0.2, 0.25) is 10.0 Å². The topological polar surface area (TPSA) is 86.8 Å². The van der Waals surface area contributed by atoms with Crippen LogP contribution in [0.1, 0.15) is 25.8 Å². The molecule has 38 heavy (non-hydrogen) atoms. The molecule has 0 spiro atoms. The van der Waals surface area contributed by atoms with Gasteiger partial charge in [0.15, 0.2) is 0 Å². The molecule has 3 aromatic carbocycles. The fourth-order valence-corrected chi connectivity index (χ4v) is 5.64. The minimum Gasteiger partial charge on any atom is -0.355 e. The maximum absolute atomic E-state index is 13.8. The van der Waals surface area contributed by atoms with E-state index in [0.29, 0.717) is 17.1 Å². The SMILES string of the molecule is CCNC(=O)[C@H](CC)N(Cc1ccc(Cl)c(Cl)c1)C(=O)CN(c1ccccc1)S(=O)(=O)c1ccc(F)cc1. The van der Waals surface area contributed by atoms with Crippen LogP contribution in [0.15, 0.2) is 77.7 Å². The summed E-state index contributed by atoms with van der Waals surface area (Å²) >= 11 is 12.2. The predicted octanol–water partition coefficient (Wildman–Crippen LogP) is 5.27. The summed E-state index contributed by atoms with van der Waals surface area (Å²) < 4.78 is 41.7. The molecule has 202 valence electrons. The monoisotopic (exact) mass is 579 g/mol. The van der Waals surface area contributed by atoms with Gasteiger partial charge < -0.3 is 10.2 Å². The summed E-state index contributed by atoms with van der Waals surface area (Å²) in [5.41, 5.74) is 0.855. The van der Waals surface area contributed by atoms with Crippen LogP contribution in [0.5, 0.6) is 0 Å². The van der Waals surface area contributed by atoms with Gasteiger partial charge >= 0.3 is 0 Å². The van der Waals surface area contributed by atoms with Crippen LogP contribution in [-0.2, 0) is 26.2 Å². The van der Waals surface area contributed by atoms with Crippen molar-refractivity contribution in [3.05, 3.63) is 94.2 Å². The van der Waals surface area contributed by atoms with E-state index in [1.54, 1.807) is 62.4 Å². The highest BCUT2D eigenvalue weighted by Gasteiger charge is 2.33. The van der Waals surface area contributed by atoms with Crippen molar-refractivity contribution in [1.82, 2.24) is 10.2 Å². The van der Waals surface area contributed by atoms with Crippen LogP contribution in [0.4, 0.5) is 10.1 Å². The Labute approximate surface area is 232 Å². The normalized spacial score (nSPS) is 12.0. The minimum absolute atomic E-state index is 0.00934. The maximum atomic E-state index is 13.8. The van der Waals surface area contributed by atoms with Crippen molar-refractivity contribution in [1.29, 1.82) is 0 Å². The molecule has 0 bridgehead atoms. The van der Waals surface area contributed by atoms with Gasteiger partial charge in [-0.1, -0.05) is 54.4 Å². The van der Waals surface area contributed by atoms with Crippen LogP contribution in [0.25, 0.3) is 0 Å². The zero-order valence-electron chi connectivity index (χ0n) is 20.9. The van der Waals surface area contributed by atoms with Crippen molar-refractivity contribution < 1.29 is 22.4 Å². The summed E-state index contributed by atoms with van der Waals surface area (Å²) in [7, 11) is -4.27. The first-order valence-electron chi connectivity index (χ1n) is 11.9. The van der Waals surface area contributed by atoms with Crippen LogP contribution in [-0.4, -0.2) is 44.3 Å². The lowest BCUT2D eigenvalue weighted by Crippen LogP contribution is -2.52. The van der Waals surface area contributed by atoms with Crippen molar-refractivity contribution in [2.75, 3.05) is 17.4 Å². The number of nitrogens with one attached hydrogen (secondary N) is 1. The second-order valence-corrected chi connectivity index (χ2v) is 11.1. The van der Waals surface area contributed by atoms with E-state index in [1.807, 2.05) is 0 Å². The van der Waals surface area contributed by atoms with Crippen LogP contribution >= 0.6 is 23.2 Å². The number of amides is 2. The smallest absolute Gasteiger partial charge is 0.264 e. The molecule has 0 aliphatic rings. The Morgan fingerprint density at radius 2 is 1.61 bits per heavy atom. The molecule has 0 heterocycles. The molecule has 0 fully saturated rings. The summed E-state index contributed by atoms with van der Waals surface area (Å²) in [5.74, 6) is -1.56. The number of para-hydroxylation sites is 1. The van der Waals surface area contributed by atoms with E-state index in [4.69, 9.17) is 23.2 Å². The number of hydrogen-bond donors (Lipinski definition) is 1. The lowest BCUT2D eigenvalue weighted by molar-refractivity contribution is -0.140. The molecular weight excluding hydrogens is 552 g/mol. The standard InChI is InChI=1S/C27H28Cl2FN3O4S/c1-3-25(27(35)31-4-2)32(17-19-10-15-23(28)24(29)16-19)26(34)18-33(21-8-6-5-7-9-21)38(36,37)22-13-11-20(30)12-14-22/h5-16,25H,3-4,17-18H2,1-2H3,(H,31,35)/t25-/m0/s1. The number of rotatable bonds is 11. The number of anilines is 1. The zero-order chi connectivity index (χ0) is 27.9. The number of carbonyl (C=O) groups is 2. The van der Waals surface area contributed by atoms with Crippen molar-refractivity contribution >= 4 is 50.7 Å². The number of hydrogen-bond acceptors (Lipinski definition) is 4. The second kappa shape index (κ2) is 13.1. The Kier molecular flexibility index (Phi) is 10.1. The molecule has 1 atom stereocenters. The average molecular weight is 581 g/mol. The fourth-order valence-electron chi connectivity index (χ4n) is 3.90. The molecule has 0 saturated carbocycles. The molecule has 7 nitrogen and oxygen atoms in total. The van der Waals surface area contributed by atoms with E-state index in [0.717, 1.165) is 28.6 Å². The number of carbonyl (C=O) groups excluding carboxylic acids is 2. The second-order valence-electron chi connectivity index (χ2n) is 8.39. The molecule has 0 aromatic heterocycles. The Morgan fingerprint density at radius 3 is 2.18 bits per heavy atom. The first-order valence-corrected chi connectivity index (χ1v) is 14.1. The Hall–Kier alpha value is -3.14. The van der Waals surface area contributed by atoms with Crippen molar-refractivity contribution in [3.8, 4) is 0 Å². The van der Waals surface area contributed by atoms with Crippen LogP contribution < -0.4 is 9.62 Å². The zero-order valence-corrected chi connectivity index (χ0v) is 23.2. The van der Waals surface area contributed by atoms with Gasteiger partial charge in [0.05, 0.1) is 20.6 Å². The third-order valence-electron chi connectivity index (χ3n) is 5.80. The van der Waals surface area contributed by atoms with Gasteiger partial charge in [-0.25, -0.2) is 12.8 Å². The van der Waals surface area contributed by atoms with Crippen molar-refractivity contribution in [2.45, 2.75) is 37.8 Å². The number of likely N-dealkylation sites (N-methyl/N-ethyl adjacent to an activating group) is 1. The van der Waals surface area contributed by atoms with Crippen molar-refractivity contribution in [2.24, 2.45) is 0 Å². The fraction of sp³-hybridized carbons (Fsp3) is 0.259. The van der Waals surface area contributed by atoms with Crippen LogP contribution in [0, 0.1) is 5.82 Å². The van der Waals surface area contributed by atoms with Crippen LogP contribution in [0.3, 0.4) is 0 Å². The predicted molar refractivity (Wildman–Crippen MR) is 147 cm³/mol. The highest BCUT2D eigenvalue weighted by atomic mass is 35.5. The van der Waals surface area contributed by atoms with Gasteiger partial charge in [0.2, 0.25) is 11.8 Å². The maximum Gasteiger partial charge on any atom is 0.264 e. The Balaban J connectivity index is 2.04. The molecule has 3 rings (SSSR count). The molecule has 3 aromatic rings. The quantitative estimate of drug-likeness (QED) is 0.335. The average Bonchev–Trinajstić information content (AvgIpc) is 2.90. The van der Waals surface area contributed by atoms with Gasteiger partial charge in [0.1, 0.15) is 18.4 Å². The van der Waals surface area contributed by atoms with Gasteiger partial charge in [-0.3, -0.25) is 13.9 Å². The highest BCUT2D eigenvalue weighted by molar-refractivity contribution is 7.92. The third kappa shape index (κ3) is 7.03. The number of halogens is 3. The number of sulfonamides is 1. The molecule has 0 aliphatic heterocycles. The highest BCUT2D eigenvalue weighted by Crippen LogP contribution is 2.26. The Morgan fingerprint density at radius 1 is 0.947 bits per heavy atom. The largest absolute Gasteiger partial charge is 0.355 e. The molecule has 0 radical (unpaired) electrons. The van der Waals surface area contributed by atoms with E-state index in [-0.39, 0.29) is 34.5 Å². The van der Waals surface area contributed by atoms with Gasteiger partial charge in [0.25, 0.3) is 10.0 Å². The van der Waals surface area contributed by atoms with E-state index >= 15 is 0 Å². The van der Waals surface area contributed by atoms with E-state index in [2.05, 4.69) is 5.32 Å². The van der Waals surface area contributed by atoms with Gasteiger partial charge in [-0.05, 0) is 67.4 Å². The minimum atomic E-state index is -4.27. The van der Waals surface area contributed by atoms with Gasteiger partial charge in [-0.2, -0.15) is 0 Å². The summed E-state index contributed by atoms with van der Waals surface area (Å²) in [5, 5.41) is 3.36. The van der Waals surface area contributed by atoms with E-state index in [1.165, 1.54) is 4.90 Å². The summed E-state index contributed by atoms with van der Waals surface area (Å²) in [6.45, 7) is 3.28. The number of nitrogens with zero attached hydrogens (tertiary/aromatic N) is 2. The molecular formula is C27H28Cl2FN3O4S. The summed E-state index contributed by atoms with van der Waals surface area (Å²) in [6, 6.07) is 16.5. The molecule has 0 aliphatic carbocycles. The number of benzene rings is 3. The van der Waals surface area contributed by atoms with Gasteiger partial charge in [0, 0.05) is 13.1 Å². The van der Waals surface area contributed by atoms with E-state index in [9.17, 15) is 22.4 Å². The first-order chi connectivity index (χ1) is 18.1. The lowest BCUT2D eigenvalue weighted by atomic mass is 10.1. The molecule has 0 unspecified atom stereocenters. The summed E-state index contributed by atoms with van der Waals surface area (Å²) in [4.78, 5) is 27.9. The summed E-state index contributed by atoms with van der Waals surface area (Å²) in [6.07, 6.45) is 0.287. The molecule has 11 heteroatoms. The molecule has 1 N–H and O–H groups in total. The third-order valence-corrected chi connectivity index (χ3v) is 8.33. The van der Waals surface area contributed by atoms with E-state index < -0.39 is 34.3 Å². The lowest BCUT2D eigenvalue weighted by Gasteiger charge is -2.33. The molecule has 0 saturated heterocycles.